The van der Waals surface area contributed by atoms with Crippen LogP contribution in [0.15, 0.2) is 36.5 Å². The van der Waals surface area contributed by atoms with Crippen LogP contribution in [-0.4, -0.2) is 54.7 Å². The third kappa shape index (κ3) is 6.49. The molecular weight excluding hydrogens is 460 g/mol. The molecule has 1 saturated heterocycles. The van der Waals surface area contributed by atoms with Crippen molar-refractivity contribution in [1.82, 2.24) is 9.88 Å². The molecule has 1 aliphatic heterocycles. The molecule has 0 saturated carbocycles. The first-order valence-electron chi connectivity index (χ1n) is 12.3. The molecule has 0 bridgehead atoms. The van der Waals surface area contributed by atoms with E-state index in [9.17, 15) is 14.7 Å². The fourth-order valence-corrected chi connectivity index (χ4v) is 4.95. The number of rotatable bonds is 9. The monoisotopic (exact) mass is 498 g/mol. The van der Waals surface area contributed by atoms with E-state index in [1.807, 2.05) is 11.0 Å². The van der Waals surface area contributed by atoms with E-state index in [4.69, 9.17) is 9.16 Å². The normalized spacial score (nSPS) is 16.7. The van der Waals surface area contributed by atoms with Crippen LogP contribution in [-0.2, 0) is 11.0 Å². The zero-order valence-corrected chi connectivity index (χ0v) is 22.5. The lowest BCUT2D eigenvalue weighted by Crippen LogP contribution is -2.45. The SMILES string of the molecule is CC(C)(C)[Si](C)(C)OCc1ncccc1C(=O)N1CCCC[C@H]1CCOc1cccc(O)c1C=O. The molecule has 7 nitrogen and oxygen atoms in total. The Morgan fingerprint density at radius 3 is 2.71 bits per heavy atom. The summed E-state index contributed by atoms with van der Waals surface area (Å²) in [7, 11) is -1.98. The highest BCUT2D eigenvalue weighted by Gasteiger charge is 2.37. The lowest BCUT2D eigenvalue weighted by Gasteiger charge is -2.37. The summed E-state index contributed by atoms with van der Waals surface area (Å²) in [6.45, 7) is 12.3. The number of carbonyl (C=O) groups excluding carboxylic acids is 2. The second-order valence-corrected chi connectivity index (χ2v) is 15.4. The van der Waals surface area contributed by atoms with Crippen LogP contribution >= 0.6 is 0 Å². The largest absolute Gasteiger partial charge is 0.507 e. The van der Waals surface area contributed by atoms with Gasteiger partial charge in [-0.1, -0.05) is 26.8 Å². The third-order valence-corrected chi connectivity index (χ3v) is 11.7. The van der Waals surface area contributed by atoms with Crippen molar-refractivity contribution in [3.05, 3.63) is 53.3 Å². The van der Waals surface area contributed by atoms with E-state index in [1.54, 1.807) is 24.4 Å². The van der Waals surface area contributed by atoms with E-state index >= 15 is 0 Å². The predicted molar refractivity (Wildman–Crippen MR) is 139 cm³/mol. The fraction of sp³-hybridized carbons (Fsp3) is 0.519. The Morgan fingerprint density at radius 2 is 2.00 bits per heavy atom. The number of carbonyl (C=O) groups is 2. The minimum absolute atomic E-state index is 0.0254. The first kappa shape index (κ1) is 26.9. The predicted octanol–water partition coefficient (Wildman–Crippen LogP) is 5.59. The Bertz CT molecular complexity index is 1030. The highest BCUT2D eigenvalue weighted by atomic mass is 28.4. The molecule has 0 aliphatic carbocycles. The molecule has 1 fully saturated rings. The van der Waals surface area contributed by atoms with Gasteiger partial charge >= 0.3 is 0 Å². The molecule has 1 aliphatic rings. The maximum atomic E-state index is 13.7. The lowest BCUT2D eigenvalue weighted by atomic mass is 9.98. The number of pyridine rings is 1. The number of ether oxygens (including phenoxy) is 1. The van der Waals surface area contributed by atoms with Gasteiger partial charge in [-0.05, 0) is 61.7 Å². The van der Waals surface area contributed by atoms with E-state index in [-0.39, 0.29) is 28.3 Å². The van der Waals surface area contributed by atoms with Gasteiger partial charge in [-0.15, -0.1) is 0 Å². The molecule has 1 aromatic heterocycles. The van der Waals surface area contributed by atoms with Gasteiger partial charge in [0.15, 0.2) is 14.6 Å². The maximum absolute atomic E-state index is 13.7. The van der Waals surface area contributed by atoms with Crippen LogP contribution in [0.2, 0.25) is 18.1 Å². The highest BCUT2D eigenvalue weighted by molar-refractivity contribution is 6.74. The van der Waals surface area contributed by atoms with Crippen molar-refractivity contribution < 1.29 is 23.9 Å². The second-order valence-electron chi connectivity index (χ2n) is 10.6. The number of hydrogen-bond acceptors (Lipinski definition) is 6. The Hall–Kier alpha value is -2.71. The number of phenols is 1. The number of aldehydes is 1. The quantitative estimate of drug-likeness (QED) is 0.358. The van der Waals surface area contributed by atoms with Crippen molar-refractivity contribution in [2.75, 3.05) is 13.2 Å². The van der Waals surface area contributed by atoms with Gasteiger partial charge in [0.2, 0.25) is 0 Å². The van der Waals surface area contributed by atoms with Crippen molar-refractivity contribution >= 4 is 20.5 Å². The van der Waals surface area contributed by atoms with Crippen LogP contribution in [0.3, 0.4) is 0 Å². The number of likely N-dealkylation sites (tertiary alicyclic amines) is 1. The molecule has 2 heterocycles. The van der Waals surface area contributed by atoms with Crippen molar-refractivity contribution in [3.8, 4) is 11.5 Å². The average Bonchev–Trinajstić information content (AvgIpc) is 2.82. The van der Waals surface area contributed by atoms with Crippen LogP contribution < -0.4 is 4.74 Å². The van der Waals surface area contributed by atoms with Gasteiger partial charge in [-0.2, -0.15) is 0 Å². The van der Waals surface area contributed by atoms with E-state index in [1.165, 1.54) is 6.07 Å². The summed E-state index contributed by atoms with van der Waals surface area (Å²) in [4.78, 5) is 31.4. The number of hydrogen-bond donors (Lipinski definition) is 1. The first-order chi connectivity index (χ1) is 16.5. The number of aromatic hydroxyl groups is 1. The van der Waals surface area contributed by atoms with Crippen molar-refractivity contribution in [1.29, 1.82) is 0 Å². The van der Waals surface area contributed by atoms with Gasteiger partial charge in [-0.25, -0.2) is 0 Å². The summed E-state index contributed by atoms with van der Waals surface area (Å²) in [6, 6.07) is 8.43. The molecule has 35 heavy (non-hydrogen) atoms. The molecule has 190 valence electrons. The van der Waals surface area contributed by atoms with Gasteiger partial charge in [-0.3, -0.25) is 14.6 Å². The Balaban J connectivity index is 1.70. The summed E-state index contributed by atoms with van der Waals surface area (Å²) in [5, 5.41) is 9.94. The summed E-state index contributed by atoms with van der Waals surface area (Å²) in [5.74, 6) is 0.226. The molecule has 0 radical (unpaired) electrons. The molecule has 0 spiro atoms. The zero-order chi connectivity index (χ0) is 25.6. The zero-order valence-electron chi connectivity index (χ0n) is 21.5. The number of phenolic OH excluding ortho intramolecular Hbond substituents is 1. The molecule has 2 aromatic rings. The lowest BCUT2D eigenvalue weighted by molar-refractivity contribution is 0.0576. The van der Waals surface area contributed by atoms with Crippen molar-refractivity contribution in [3.63, 3.8) is 0 Å². The standard InChI is InChI=1S/C27H38N2O5Si/c1-27(2,3)35(4,5)34-19-23-21(11-9-15-28-23)26(32)29-16-7-6-10-20(29)14-17-33-25-13-8-12-24(31)22(25)18-30/h8-9,11-13,15,18,20,31H,6-7,10,14,16-17,19H2,1-5H3/t20-/m0/s1. The summed E-state index contributed by atoms with van der Waals surface area (Å²) in [6.07, 6.45) is 5.84. The number of aromatic nitrogens is 1. The molecular formula is C27H38N2O5Si. The fourth-order valence-electron chi connectivity index (χ4n) is 4.02. The smallest absolute Gasteiger partial charge is 0.256 e. The van der Waals surface area contributed by atoms with Crippen LogP contribution in [0.25, 0.3) is 0 Å². The van der Waals surface area contributed by atoms with Gasteiger partial charge < -0.3 is 19.2 Å². The molecule has 1 atom stereocenters. The molecule has 3 rings (SSSR count). The maximum Gasteiger partial charge on any atom is 0.256 e. The molecule has 0 unspecified atom stereocenters. The Kier molecular flexibility index (Phi) is 8.72. The highest BCUT2D eigenvalue weighted by Crippen LogP contribution is 2.37. The van der Waals surface area contributed by atoms with E-state index in [0.717, 1.165) is 19.3 Å². The Labute approximate surface area is 209 Å². The molecule has 1 aromatic carbocycles. The van der Waals surface area contributed by atoms with Gasteiger partial charge in [0.25, 0.3) is 5.91 Å². The molecule has 8 heteroatoms. The van der Waals surface area contributed by atoms with Gasteiger partial charge in [0.1, 0.15) is 11.5 Å². The van der Waals surface area contributed by atoms with Crippen molar-refractivity contribution in [2.24, 2.45) is 0 Å². The van der Waals surface area contributed by atoms with E-state index in [2.05, 4.69) is 38.8 Å². The Morgan fingerprint density at radius 1 is 1.23 bits per heavy atom. The van der Waals surface area contributed by atoms with Crippen LogP contribution in [0, 0.1) is 0 Å². The minimum Gasteiger partial charge on any atom is -0.507 e. The van der Waals surface area contributed by atoms with Gasteiger partial charge in [0, 0.05) is 25.2 Å². The van der Waals surface area contributed by atoms with E-state index in [0.29, 0.717) is 49.5 Å². The third-order valence-electron chi connectivity index (χ3n) is 7.25. The van der Waals surface area contributed by atoms with Crippen LogP contribution in [0.5, 0.6) is 11.5 Å². The first-order valence-corrected chi connectivity index (χ1v) is 15.2. The minimum atomic E-state index is -1.98. The van der Waals surface area contributed by atoms with Crippen LogP contribution in [0.1, 0.15) is 72.9 Å². The molecule has 1 amide bonds. The summed E-state index contributed by atoms with van der Waals surface area (Å²) in [5.41, 5.74) is 1.42. The second kappa shape index (κ2) is 11.3. The van der Waals surface area contributed by atoms with Gasteiger partial charge in [0.05, 0.1) is 30.0 Å². The number of nitrogens with zero attached hydrogens (tertiary/aromatic N) is 2. The summed E-state index contributed by atoms with van der Waals surface area (Å²) >= 11 is 0. The van der Waals surface area contributed by atoms with Crippen molar-refractivity contribution in [2.45, 2.75) is 77.2 Å². The number of amides is 1. The number of piperidine rings is 1. The average molecular weight is 499 g/mol. The van der Waals surface area contributed by atoms with E-state index < -0.39 is 8.32 Å². The van der Waals surface area contributed by atoms with Crippen LogP contribution in [0.4, 0.5) is 0 Å². The topological polar surface area (TPSA) is 89.0 Å². The summed E-state index contributed by atoms with van der Waals surface area (Å²) < 4.78 is 12.2. The number of benzene rings is 1. The molecule has 1 N–H and O–H groups in total.